The van der Waals surface area contributed by atoms with Crippen LogP contribution in [0.1, 0.15) is 31.0 Å². The summed E-state index contributed by atoms with van der Waals surface area (Å²) < 4.78 is 39.2. The molecule has 1 aromatic heterocycles. The fourth-order valence-electron chi connectivity index (χ4n) is 3.31. The Morgan fingerprint density at radius 2 is 1.90 bits per heavy atom. The lowest BCUT2D eigenvalue weighted by Gasteiger charge is -2.19. The van der Waals surface area contributed by atoms with Crippen LogP contribution >= 0.6 is 24.8 Å². The largest absolute Gasteiger partial charge is 0.416 e. The van der Waals surface area contributed by atoms with E-state index in [1.54, 1.807) is 0 Å². The normalized spacial score (nSPS) is 16.0. The molecule has 1 aromatic carbocycles. The van der Waals surface area contributed by atoms with Crippen molar-refractivity contribution in [1.82, 2.24) is 15.3 Å². The van der Waals surface area contributed by atoms with Crippen molar-refractivity contribution in [3.05, 3.63) is 35.5 Å². The van der Waals surface area contributed by atoms with E-state index in [9.17, 15) is 13.2 Å². The number of hydrogen-bond acceptors (Lipinski definition) is 6. The number of hydrogen-bond donors (Lipinski definition) is 3. The molecule has 4 N–H and O–H groups in total. The average molecular weight is 467 g/mol. The second kappa shape index (κ2) is 10.9. The molecule has 0 unspecified atom stereocenters. The predicted molar refractivity (Wildman–Crippen MR) is 119 cm³/mol. The van der Waals surface area contributed by atoms with Gasteiger partial charge < -0.3 is 21.3 Å². The van der Waals surface area contributed by atoms with Crippen molar-refractivity contribution in [2.24, 2.45) is 0 Å². The van der Waals surface area contributed by atoms with Gasteiger partial charge in [0.15, 0.2) is 0 Å². The van der Waals surface area contributed by atoms with Crippen molar-refractivity contribution in [3.8, 4) is 0 Å². The molecule has 1 fully saturated rings. The molecule has 0 radical (unpaired) electrons. The third kappa shape index (κ3) is 6.52. The zero-order chi connectivity index (χ0) is 20.3. The Balaban J connectivity index is 0.00000225. The van der Waals surface area contributed by atoms with Crippen molar-refractivity contribution in [2.45, 2.75) is 38.4 Å². The van der Waals surface area contributed by atoms with Crippen molar-refractivity contribution in [1.29, 1.82) is 0 Å². The summed E-state index contributed by atoms with van der Waals surface area (Å²) in [6.45, 7) is 3.74. The first kappa shape index (κ1) is 26.1. The highest BCUT2D eigenvalue weighted by atomic mass is 35.5. The maximum Gasteiger partial charge on any atom is 0.416 e. The van der Waals surface area contributed by atoms with Crippen LogP contribution in [0.25, 0.3) is 0 Å². The Hall–Kier alpha value is -1.97. The van der Waals surface area contributed by atoms with Gasteiger partial charge in [0.25, 0.3) is 0 Å². The average Bonchev–Trinajstić information content (AvgIpc) is 3.10. The van der Waals surface area contributed by atoms with Crippen LogP contribution in [0.15, 0.2) is 24.3 Å². The molecule has 1 aliphatic rings. The second-order valence-electron chi connectivity index (χ2n) is 6.98. The topological polar surface area (TPSA) is 79.1 Å². The maximum atomic E-state index is 13.1. The highest BCUT2D eigenvalue weighted by Crippen LogP contribution is 2.33. The maximum absolute atomic E-state index is 13.1. The molecule has 2 heterocycles. The zero-order valence-electron chi connectivity index (χ0n) is 16.8. The van der Waals surface area contributed by atoms with Crippen LogP contribution < -0.4 is 21.3 Å². The Kier molecular flexibility index (Phi) is 9.45. The van der Waals surface area contributed by atoms with Gasteiger partial charge in [-0.3, -0.25) is 0 Å². The number of alkyl halides is 3. The van der Waals surface area contributed by atoms with E-state index in [1.165, 1.54) is 6.07 Å². The lowest BCUT2D eigenvalue weighted by Crippen LogP contribution is -2.30. The summed E-state index contributed by atoms with van der Waals surface area (Å²) in [5.41, 5.74) is 5.93. The fraction of sp³-hybridized carbons (Fsp3) is 0.474. The minimum atomic E-state index is -4.47. The molecule has 0 spiro atoms. The Labute approximate surface area is 186 Å². The summed E-state index contributed by atoms with van der Waals surface area (Å²) in [5.74, 6) is 1.05. The summed E-state index contributed by atoms with van der Waals surface area (Å²) in [6.07, 6.45) is -1.79. The minimum absolute atomic E-state index is 0. The van der Waals surface area contributed by atoms with Gasteiger partial charge in [0.05, 0.1) is 5.56 Å². The van der Waals surface area contributed by atoms with E-state index in [1.807, 2.05) is 13.1 Å². The van der Waals surface area contributed by atoms with E-state index in [0.717, 1.165) is 56.0 Å². The number of aryl methyl sites for hydroxylation is 1. The van der Waals surface area contributed by atoms with Gasteiger partial charge in [-0.2, -0.15) is 18.2 Å². The number of aromatic nitrogens is 2. The van der Waals surface area contributed by atoms with Crippen molar-refractivity contribution in [3.63, 3.8) is 0 Å². The molecule has 2 aromatic rings. The van der Waals surface area contributed by atoms with Crippen LogP contribution in [-0.2, 0) is 12.6 Å². The monoisotopic (exact) mass is 466 g/mol. The summed E-state index contributed by atoms with van der Waals surface area (Å²) in [5, 5.41) is 6.16. The van der Waals surface area contributed by atoms with E-state index < -0.39 is 11.7 Å². The predicted octanol–water partition coefficient (Wildman–Crippen LogP) is 4.42. The summed E-state index contributed by atoms with van der Waals surface area (Å²) in [7, 11) is 1.93. The summed E-state index contributed by atoms with van der Waals surface area (Å²) in [4.78, 5) is 11.2. The summed E-state index contributed by atoms with van der Waals surface area (Å²) in [6, 6.07) is 5.71. The molecule has 0 aliphatic carbocycles. The first-order valence-electron chi connectivity index (χ1n) is 9.33. The van der Waals surface area contributed by atoms with Gasteiger partial charge in [0, 0.05) is 42.3 Å². The summed E-state index contributed by atoms with van der Waals surface area (Å²) >= 11 is 0. The molecule has 1 aliphatic heterocycles. The molecule has 11 heteroatoms. The van der Waals surface area contributed by atoms with Crippen LogP contribution in [0.4, 0.5) is 36.3 Å². The van der Waals surface area contributed by atoms with Crippen molar-refractivity contribution < 1.29 is 13.2 Å². The van der Waals surface area contributed by atoms with E-state index in [-0.39, 0.29) is 42.1 Å². The third-order valence-electron chi connectivity index (χ3n) is 4.73. The van der Waals surface area contributed by atoms with Gasteiger partial charge in [-0.25, -0.2) is 4.98 Å². The van der Waals surface area contributed by atoms with Gasteiger partial charge in [0.1, 0.15) is 5.82 Å². The molecular weight excluding hydrogens is 440 g/mol. The number of nitrogen functional groups attached to an aromatic ring is 1. The number of rotatable bonds is 6. The molecule has 0 amide bonds. The number of nitrogens with one attached hydrogen (secondary N) is 2. The smallest absolute Gasteiger partial charge is 0.399 e. The number of nitrogens with two attached hydrogens (primary N) is 1. The van der Waals surface area contributed by atoms with Gasteiger partial charge in [-0.15, -0.1) is 24.8 Å². The Bertz CT molecular complexity index is 834. The van der Waals surface area contributed by atoms with Gasteiger partial charge in [0.2, 0.25) is 5.95 Å². The molecule has 30 heavy (non-hydrogen) atoms. The zero-order valence-corrected chi connectivity index (χ0v) is 18.4. The van der Waals surface area contributed by atoms with E-state index in [2.05, 4.69) is 32.4 Å². The first-order chi connectivity index (χ1) is 13.3. The number of anilines is 4. The van der Waals surface area contributed by atoms with Crippen LogP contribution in [0.2, 0.25) is 0 Å². The molecule has 168 valence electrons. The number of halogens is 5. The lowest BCUT2D eigenvalue weighted by atomic mass is 10.1. The fourth-order valence-corrected chi connectivity index (χ4v) is 3.31. The highest BCUT2D eigenvalue weighted by Gasteiger charge is 2.31. The SMILES string of the molecule is CCCc1cc(N2CC[C@H](NC)C2)nc(Nc2cc(N)cc(C(F)(F)F)c2)n1.Cl.Cl. The molecule has 6 nitrogen and oxygen atoms in total. The van der Waals surface area contributed by atoms with E-state index >= 15 is 0 Å². The Morgan fingerprint density at radius 3 is 2.50 bits per heavy atom. The van der Waals surface area contributed by atoms with E-state index in [4.69, 9.17) is 5.73 Å². The molecular formula is C19H27Cl2F3N6. The van der Waals surface area contributed by atoms with Gasteiger partial charge in [-0.1, -0.05) is 13.3 Å². The standard InChI is InChI=1S/C19H25F3N6.2ClH/c1-3-4-14-10-17(28-6-5-15(11-28)24-2)27-18(25-14)26-16-8-12(19(20,21)22)7-13(23)9-16;;/h7-10,15,24H,3-6,11,23H2,1-2H3,(H,25,26,27);2*1H/t15-;;/m0../s1. The Morgan fingerprint density at radius 1 is 1.17 bits per heavy atom. The minimum Gasteiger partial charge on any atom is -0.399 e. The van der Waals surface area contributed by atoms with Gasteiger partial charge >= 0.3 is 6.18 Å². The van der Waals surface area contributed by atoms with Gasteiger partial charge in [-0.05, 0) is 38.1 Å². The van der Waals surface area contributed by atoms with E-state index in [0.29, 0.717) is 6.04 Å². The number of nitrogens with zero attached hydrogens (tertiary/aromatic N) is 3. The molecule has 0 saturated carbocycles. The molecule has 1 atom stereocenters. The lowest BCUT2D eigenvalue weighted by molar-refractivity contribution is -0.137. The molecule has 1 saturated heterocycles. The first-order valence-corrected chi connectivity index (χ1v) is 9.33. The second-order valence-corrected chi connectivity index (χ2v) is 6.98. The third-order valence-corrected chi connectivity index (χ3v) is 4.73. The van der Waals surface area contributed by atoms with Crippen LogP contribution in [-0.4, -0.2) is 36.1 Å². The number of benzene rings is 1. The molecule has 3 rings (SSSR count). The quantitative estimate of drug-likeness (QED) is 0.547. The van der Waals surface area contributed by atoms with Crippen LogP contribution in [0.3, 0.4) is 0 Å². The van der Waals surface area contributed by atoms with Crippen molar-refractivity contribution in [2.75, 3.05) is 36.1 Å². The van der Waals surface area contributed by atoms with Crippen molar-refractivity contribution >= 4 is 48.0 Å². The highest BCUT2D eigenvalue weighted by molar-refractivity contribution is 5.85. The van der Waals surface area contributed by atoms with Crippen LogP contribution in [0, 0.1) is 0 Å². The molecule has 0 bridgehead atoms. The van der Waals surface area contributed by atoms with Crippen LogP contribution in [0.5, 0.6) is 0 Å². The number of likely N-dealkylation sites (N-methyl/N-ethyl adjacent to an activating group) is 1.